The van der Waals surface area contributed by atoms with E-state index in [1.54, 1.807) is 23.1 Å². The largest absolute Gasteiger partial charge is 0.378 e. The van der Waals surface area contributed by atoms with Crippen molar-refractivity contribution in [2.45, 2.75) is 6.54 Å². The lowest BCUT2D eigenvalue weighted by molar-refractivity contribution is -0.384. The average molecular weight is 507 g/mol. The number of thioether (sulfide) groups is 1. The molecule has 3 amide bonds. The van der Waals surface area contributed by atoms with Crippen molar-refractivity contribution in [1.29, 1.82) is 0 Å². The molecule has 0 radical (unpaired) electrons. The molecule has 2 aliphatic rings. The molecule has 0 N–H and O–H groups in total. The van der Waals surface area contributed by atoms with Crippen molar-refractivity contribution in [2.24, 2.45) is 0 Å². The summed E-state index contributed by atoms with van der Waals surface area (Å²) >= 11 is 0.821. The van der Waals surface area contributed by atoms with E-state index >= 15 is 0 Å². The first kappa shape index (κ1) is 23.8. The molecule has 2 fully saturated rings. The van der Waals surface area contributed by atoms with Crippen molar-refractivity contribution in [3.05, 3.63) is 80.9 Å². The normalized spacial score (nSPS) is 17.4. The van der Waals surface area contributed by atoms with Crippen molar-refractivity contribution in [1.82, 2.24) is 14.4 Å². The number of morpholine rings is 1. The highest BCUT2D eigenvalue weighted by Gasteiger charge is 2.37. The first-order valence-electron chi connectivity index (χ1n) is 11.3. The third-order valence-corrected chi connectivity index (χ3v) is 7.04. The highest BCUT2D eigenvalue weighted by molar-refractivity contribution is 8.18. The second-order valence-electron chi connectivity index (χ2n) is 8.41. The number of non-ortho nitro benzene ring substituents is 1. The van der Waals surface area contributed by atoms with Crippen molar-refractivity contribution < 1.29 is 24.0 Å². The summed E-state index contributed by atoms with van der Waals surface area (Å²) < 4.78 is 7.25. The molecule has 10 nitrogen and oxygen atoms in total. The summed E-state index contributed by atoms with van der Waals surface area (Å²) in [6.45, 7) is 1.96. The molecule has 0 unspecified atom stereocenters. The second-order valence-corrected chi connectivity index (χ2v) is 9.41. The molecule has 184 valence electrons. The Morgan fingerprint density at radius 1 is 1.08 bits per heavy atom. The SMILES string of the molecule is O=C(CN1C(=O)S/C(=C/c2cn(Cc3ccc([N+](=O)[O-])cc3)c3ccccc23)C1=O)N1CCOCC1. The van der Waals surface area contributed by atoms with Crippen LogP contribution in [0.4, 0.5) is 10.5 Å². The molecule has 3 heterocycles. The van der Waals surface area contributed by atoms with Crippen LogP contribution in [0.15, 0.2) is 59.6 Å². The van der Waals surface area contributed by atoms with Gasteiger partial charge >= 0.3 is 0 Å². The number of rotatable bonds is 6. The van der Waals surface area contributed by atoms with E-state index in [1.165, 1.54) is 12.1 Å². The van der Waals surface area contributed by atoms with Crippen LogP contribution in [0, 0.1) is 10.1 Å². The summed E-state index contributed by atoms with van der Waals surface area (Å²) in [7, 11) is 0. The summed E-state index contributed by atoms with van der Waals surface area (Å²) in [5.41, 5.74) is 2.59. The molecule has 36 heavy (non-hydrogen) atoms. The lowest BCUT2D eigenvalue weighted by Crippen LogP contribution is -2.46. The van der Waals surface area contributed by atoms with E-state index in [4.69, 9.17) is 4.74 Å². The number of para-hydroxylation sites is 1. The highest BCUT2D eigenvalue weighted by Crippen LogP contribution is 2.34. The summed E-state index contributed by atoms with van der Waals surface area (Å²) in [5.74, 6) is -0.764. The lowest BCUT2D eigenvalue weighted by Gasteiger charge is -2.28. The number of benzene rings is 2. The summed E-state index contributed by atoms with van der Waals surface area (Å²) in [5, 5.41) is 11.4. The van der Waals surface area contributed by atoms with Gasteiger partial charge in [-0.05, 0) is 29.5 Å². The van der Waals surface area contributed by atoms with Crippen LogP contribution in [-0.4, -0.2) is 69.2 Å². The van der Waals surface area contributed by atoms with E-state index in [-0.39, 0.29) is 23.0 Å². The predicted octanol–water partition coefficient (Wildman–Crippen LogP) is 3.49. The minimum atomic E-state index is -0.487. The van der Waals surface area contributed by atoms with Crippen LogP contribution < -0.4 is 0 Å². The number of amides is 3. The van der Waals surface area contributed by atoms with E-state index in [2.05, 4.69) is 0 Å². The monoisotopic (exact) mass is 506 g/mol. The van der Waals surface area contributed by atoms with Crippen molar-refractivity contribution in [2.75, 3.05) is 32.8 Å². The van der Waals surface area contributed by atoms with Crippen LogP contribution in [0.2, 0.25) is 0 Å². The van der Waals surface area contributed by atoms with E-state index in [1.807, 2.05) is 35.0 Å². The standard InChI is InChI=1S/C25H22N4O6S/c30-23(26-9-11-35-12-10-26)16-28-24(31)22(36-25(28)32)13-18-15-27(21-4-2-1-3-20(18)21)14-17-5-7-19(8-6-17)29(33)34/h1-8,13,15H,9-12,14,16H2/b22-13+. The van der Waals surface area contributed by atoms with Crippen molar-refractivity contribution >= 4 is 51.5 Å². The Morgan fingerprint density at radius 2 is 1.81 bits per heavy atom. The first-order valence-corrected chi connectivity index (χ1v) is 12.1. The molecule has 2 aliphatic heterocycles. The van der Waals surface area contributed by atoms with E-state index < -0.39 is 16.1 Å². The first-order chi connectivity index (χ1) is 17.4. The molecule has 1 aromatic heterocycles. The number of nitrogens with zero attached hydrogens (tertiary/aromatic N) is 4. The predicted molar refractivity (Wildman–Crippen MR) is 134 cm³/mol. The Kier molecular flexibility index (Phi) is 6.57. The quantitative estimate of drug-likeness (QED) is 0.286. The molecule has 0 saturated carbocycles. The molecule has 2 aromatic carbocycles. The van der Waals surface area contributed by atoms with Crippen LogP contribution in [0.25, 0.3) is 17.0 Å². The molecule has 0 atom stereocenters. The summed E-state index contributed by atoms with van der Waals surface area (Å²) in [4.78, 5) is 51.5. The molecule has 2 saturated heterocycles. The number of fused-ring (bicyclic) bond motifs is 1. The number of aromatic nitrogens is 1. The van der Waals surface area contributed by atoms with Crippen LogP contribution in [-0.2, 0) is 20.9 Å². The lowest BCUT2D eigenvalue weighted by atomic mass is 10.1. The summed E-state index contributed by atoms with van der Waals surface area (Å²) in [6, 6.07) is 14.0. The van der Waals surface area contributed by atoms with Gasteiger partial charge in [-0.2, -0.15) is 0 Å². The molecule has 0 aliphatic carbocycles. The van der Waals surface area contributed by atoms with Gasteiger partial charge in [0, 0.05) is 54.4 Å². The number of nitro benzene ring substituents is 1. The molecule has 3 aromatic rings. The Bertz CT molecular complexity index is 1390. The zero-order chi connectivity index (χ0) is 25.2. The van der Waals surface area contributed by atoms with Crippen molar-refractivity contribution in [3.63, 3.8) is 0 Å². The van der Waals surface area contributed by atoms with Gasteiger partial charge in [0.05, 0.1) is 23.0 Å². The zero-order valence-electron chi connectivity index (χ0n) is 19.2. The van der Waals surface area contributed by atoms with Gasteiger partial charge in [-0.25, -0.2) is 0 Å². The number of hydrogen-bond acceptors (Lipinski definition) is 7. The highest BCUT2D eigenvalue weighted by atomic mass is 32.2. The molecule has 5 rings (SSSR count). The van der Waals surface area contributed by atoms with Crippen LogP contribution in [0.5, 0.6) is 0 Å². The molecule has 11 heteroatoms. The van der Waals surface area contributed by atoms with Gasteiger partial charge < -0.3 is 14.2 Å². The van der Waals surface area contributed by atoms with Gasteiger partial charge in [0.15, 0.2) is 0 Å². The van der Waals surface area contributed by atoms with Gasteiger partial charge in [0.1, 0.15) is 6.54 Å². The second kappa shape index (κ2) is 9.96. The van der Waals surface area contributed by atoms with Gasteiger partial charge in [0.25, 0.3) is 16.8 Å². The van der Waals surface area contributed by atoms with E-state index in [9.17, 15) is 24.5 Å². The molecule has 0 bridgehead atoms. The number of ether oxygens (including phenoxy) is 1. The Balaban J connectivity index is 1.38. The van der Waals surface area contributed by atoms with Crippen LogP contribution >= 0.6 is 11.8 Å². The van der Waals surface area contributed by atoms with E-state index in [0.29, 0.717) is 32.8 Å². The number of imide groups is 1. The van der Waals surface area contributed by atoms with Crippen molar-refractivity contribution in [3.8, 4) is 0 Å². The average Bonchev–Trinajstić information content (AvgIpc) is 3.36. The Labute approximate surface area is 210 Å². The third-order valence-electron chi connectivity index (χ3n) is 6.14. The minimum Gasteiger partial charge on any atom is -0.378 e. The van der Waals surface area contributed by atoms with Gasteiger partial charge in [-0.15, -0.1) is 0 Å². The maximum atomic E-state index is 13.0. The number of hydrogen-bond donors (Lipinski definition) is 0. The Hall–Kier alpha value is -3.96. The molecular weight excluding hydrogens is 484 g/mol. The topological polar surface area (TPSA) is 115 Å². The maximum absolute atomic E-state index is 13.0. The van der Waals surface area contributed by atoms with Gasteiger partial charge in [-0.1, -0.05) is 30.3 Å². The minimum absolute atomic E-state index is 0.0274. The Morgan fingerprint density at radius 3 is 2.53 bits per heavy atom. The van der Waals surface area contributed by atoms with E-state index in [0.717, 1.165) is 38.7 Å². The zero-order valence-corrected chi connectivity index (χ0v) is 20.0. The third kappa shape index (κ3) is 4.75. The van der Waals surface area contributed by atoms with Crippen LogP contribution in [0.3, 0.4) is 0 Å². The number of nitro groups is 1. The fourth-order valence-electron chi connectivity index (χ4n) is 4.27. The van der Waals surface area contributed by atoms with Gasteiger partial charge in [-0.3, -0.25) is 29.4 Å². The fourth-order valence-corrected chi connectivity index (χ4v) is 5.10. The summed E-state index contributed by atoms with van der Waals surface area (Å²) in [6.07, 6.45) is 3.57. The molecule has 0 spiro atoms. The smallest absolute Gasteiger partial charge is 0.294 e. The van der Waals surface area contributed by atoms with Crippen LogP contribution in [0.1, 0.15) is 11.1 Å². The number of carbonyl (C=O) groups excluding carboxylic acids is 3. The molecular formula is C25H22N4O6S. The van der Waals surface area contributed by atoms with Gasteiger partial charge in [0.2, 0.25) is 5.91 Å². The number of carbonyl (C=O) groups is 3. The fraction of sp³-hybridized carbons (Fsp3) is 0.240. The maximum Gasteiger partial charge on any atom is 0.294 e.